The van der Waals surface area contributed by atoms with E-state index in [2.05, 4.69) is 0 Å². The lowest BCUT2D eigenvalue weighted by atomic mass is 10.0. The van der Waals surface area contributed by atoms with Crippen molar-refractivity contribution in [2.24, 2.45) is 5.73 Å². The third-order valence-electron chi connectivity index (χ3n) is 3.06. The normalized spacial score (nSPS) is 14.1. The molecule has 8 heteroatoms. The molecular weight excluding hydrogens is 324 g/mol. The summed E-state index contributed by atoms with van der Waals surface area (Å²) in [6.45, 7) is 1.70. The van der Waals surface area contributed by atoms with Crippen LogP contribution in [0, 0.1) is 0 Å². The Kier molecular flexibility index (Phi) is 4.48. The number of furan rings is 1. The van der Waals surface area contributed by atoms with E-state index in [1.165, 1.54) is 12.1 Å². The number of rotatable bonds is 3. The van der Waals surface area contributed by atoms with Crippen molar-refractivity contribution >= 4 is 0 Å². The number of hydrogen-bond acceptors (Lipinski definition) is 2. The summed E-state index contributed by atoms with van der Waals surface area (Å²) in [4.78, 5) is 0. The predicted octanol–water partition coefficient (Wildman–Crippen LogP) is 4.87. The quantitative estimate of drug-likeness (QED) is 0.811. The summed E-state index contributed by atoms with van der Waals surface area (Å²) in [6, 6.07) is 3.89. The van der Waals surface area contributed by atoms with Crippen molar-refractivity contribution < 1.29 is 30.8 Å². The number of benzene rings is 1. The minimum Gasteiger partial charge on any atom is -0.461 e. The van der Waals surface area contributed by atoms with Gasteiger partial charge >= 0.3 is 12.4 Å². The van der Waals surface area contributed by atoms with Crippen LogP contribution in [0.15, 0.2) is 34.7 Å². The van der Waals surface area contributed by atoms with Crippen LogP contribution in [0.25, 0.3) is 11.3 Å². The summed E-state index contributed by atoms with van der Waals surface area (Å²) in [7, 11) is 0. The Bertz CT molecular complexity index is 652. The first-order valence-corrected chi connectivity index (χ1v) is 6.61. The van der Waals surface area contributed by atoms with E-state index >= 15 is 0 Å². The van der Waals surface area contributed by atoms with Crippen LogP contribution < -0.4 is 5.73 Å². The molecule has 0 saturated heterocycles. The van der Waals surface area contributed by atoms with Gasteiger partial charge in [0.05, 0.1) is 11.1 Å². The first kappa shape index (κ1) is 17.4. The van der Waals surface area contributed by atoms with Crippen molar-refractivity contribution in [3.05, 3.63) is 47.2 Å². The highest BCUT2D eigenvalue weighted by Crippen LogP contribution is 2.38. The van der Waals surface area contributed by atoms with E-state index in [1.807, 2.05) is 0 Å². The van der Waals surface area contributed by atoms with Crippen LogP contribution in [0.1, 0.15) is 23.8 Å². The molecule has 2 rings (SSSR count). The van der Waals surface area contributed by atoms with Crippen molar-refractivity contribution in [3.8, 4) is 11.3 Å². The Labute approximate surface area is 127 Å². The maximum absolute atomic E-state index is 12.8. The fourth-order valence-electron chi connectivity index (χ4n) is 2.06. The maximum atomic E-state index is 12.8. The molecule has 2 aromatic rings. The van der Waals surface area contributed by atoms with Crippen molar-refractivity contribution in [3.63, 3.8) is 0 Å². The van der Waals surface area contributed by atoms with E-state index < -0.39 is 23.5 Å². The molecule has 0 amide bonds. The third kappa shape index (κ3) is 4.28. The molecule has 0 spiro atoms. The van der Waals surface area contributed by atoms with Gasteiger partial charge in [-0.25, -0.2) is 0 Å². The van der Waals surface area contributed by atoms with Gasteiger partial charge in [-0.15, -0.1) is 0 Å². The van der Waals surface area contributed by atoms with Gasteiger partial charge in [0.2, 0.25) is 0 Å². The van der Waals surface area contributed by atoms with Gasteiger partial charge in [0.1, 0.15) is 11.5 Å². The van der Waals surface area contributed by atoms with Gasteiger partial charge < -0.3 is 10.2 Å². The highest BCUT2D eigenvalue weighted by atomic mass is 19.4. The molecule has 0 fully saturated rings. The predicted molar refractivity (Wildman–Crippen MR) is 71.5 cm³/mol. The lowest BCUT2D eigenvalue weighted by Gasteiger charge is -2.13. The van der Waals surface area contributed by atoms with E-state index in [-0.39, 0.29) is 23.4 Å². The lowest BCUT2D eigenvalue weighted by Crippen LogP contribution is -2.17. The molecule has 1 heterocycles. The molecule has 0 aliphatic carbocycles. The molecule has 126 valence electrons. The van der Waals surface area contributed by atoms with Crippen LogP contribution in [-0.4, -0.2) is 6.04 Å². The highest BCUT2D eigenvalue weighted by Gasteiger charge is 2.37. The minimum atomic E-state index is -4.89. The second-order valence-corrected chi connectivity index (χ2v) is 5.24. The second kappa shape index (κ2) is 5.92. The van der Waals surface area contributed by atoms with Crippen LogP contribution in [0.4, 0.5) is 26.3 Å². The largest absolute Gasteiger partial charge is 0.461 e. The lowest BCUT2D eigenvalue weighted by molar-refractivity contribution is -0.143. The Balaban J connectivity index is 2.51. The van der Waals surface area contributed by atoms with Gasteiger partial charge in [0.25, 0.3) is 0 Å². The Hall–Kier alpha value is -1.96. The minimum absolute atomic E-state index is 0.0720. The fourth-order valence-corrected chi connectivity index (χ4v) is 2.06. The molecule has 0 saturated carbocycles. The van der Waals surface area contributed by atoms with E-state index in [9.17, 15) is 26.3 Å². The molecule has 2 nitrogen and oxygen atoms in total. The Morgan fingerprint density at radius 1 is 0.957 bits per heavy atom. The summed E-state index contributed by atoms with van der Waals surface area (Å²) in [6.07, 6.45) is -9.46. The molecule has 0 radical (unpaired) electrons. The summed E-state index contributed by atoms with van der Waals surface area (Å²) in [5, 5.41) is 0. The summed E-state index contributed by atoms with van der Waals surface area (Å²) in [5.74, 6) is 0.318. The van der Waals surface area contributed by atoms with Crippen LogP contribution in [0.2, 0.25) is 0 Å². The average molecular weight is 337 g/mol. The SMILES string of the molecule is CC(N)Cc1ccc(-c2cc(C(F)(F)F)cc(C(F)(F)F)c2)o1. The smallest absolute Gasteiger partial charge is 0.416 e. The van der Waals surface area contributed by atoms with E-state index in [0.29, 0.717) is 24.3 Å². The fraction of sp³-hybridized carbons (Fsp3) is 0.333. The summed E-state index contributed by atoms with van der Waals surface area (Å²) >= 11 is 0. The van der Waals surface area contributed by atoms with Crippen molar-refractivity contribution in [2.45, 2.75) is 31.7 Å². The number of halogens is 6. The van der Waals surface area contributed by atoms with Crippen molar-refractivity contribution in [2.75, 3.05) is 0 Å². The zero-order valence-corrected chi connectivity index (χ0v) is 11.9. The molecule has 2 N–H and O–H groups in total. The topological polar surface area (TPSA) is 39.2 Å². The zero-order chi connectivity index (χ0) is 17.4. The Morgan fingerprint density at radius 3 is 1.91 bits per heavy atom. The molecule has 1 aromatic heterocycles. The average Bonchev–Trinajstić information content (AvgIpc) is 2.83. The van der Waals surface area contributed by atoms with Gasteiger partial charge in [-0.05, 0) is 37.3 Å². The monoisotopic (exact) mass is 337 g/mol. The molecule has 0 aliphatic heterocycles. The van der Waals surface area contributed by atoms with Crippen molar-refractivity contribution in [1.82, 2.24) is 0 Å². The highest BCUT2D eigenvalue weighted by molar-refractivity contribution is 5.61. The third-order valence-corrected chi connectivity index (χ3v) is 3.06. The van der Waals surface area contributed by atoms with Gasteiger partial charge in [0, 0.05) is 18.0 Å². The van der Waals surface area contributed by atoms with Crippen LogP contribution in [-0.2, 0) is 18.8 Å². The molecule has 0 bridgehead atoms. The van der Waals surface area contributed by atoms with Crippen LogP contribution in [0.5, 0.6) is 0 Å². The van der Waals surface area contributed by atoms with E-state index in [1.54, 1.807) is 6.92 Å². The number of hydrogen-bond donors (Lipinski definition) is 1. The van der Waals surface area contributed by atoms with Gasteiger partial charge in [-0.3, -0.25) is 0 Å². The zero-order valence-electron chi connectivity index (χ0n) is 11.9. The van der Waals surface area contributed by atoms with Gasteiger partial charge in [-0.1, -0.05) is 0 Å². The molecular formula is C15H13F6NO. The summed E-state index contributed by atoms with van der Waals surface area (Å²) in [5.41, 5.74) is 2.52. The van der Waals surface area contributed by atoms with Gasteiger partial charge in [0.15, 0.2) is 0 Å². The molecule has 0 aliphatic rings. The van der Waals surface area contributed by atoms with E-state index in [0.717, 1.165) is 0 Å². The first-order valence-electron chi connectivity index (χ1n) is 6.61. The van der Waals surface area contributed by atoms with Crippen LogP contribution in [0.3, 0.4) is 0 Å². The molecule has 1 unspecified atom stereocenters. The van der Waals surface area contributed by atoms with Crippen molar-refractivity contribution in [1.29, 1.82) is 0 Å². The molecule has 1 atom stereocenters. The first-order chi connectivity index (χ1) is 10.5. The molecule has 1 aromatic carbocycles. The number of alkyl halides is 6. The second-order valence-electron chi connectivity index (χ2n) is 5.24. The standard InChI is InChI=1S/C15H13F6NO/c1-8(22)4-12-2-3-13(23-12)9-5-10(14(16,17)18)7-11(6-9)15(19,20)21/h2-3,5-8H,4,22H2,1H3. The Morgan fingerprint density at radius 2 is 1.48 bits per heavy atom. The van der Waals surface area contributed by atoms with Crippen LogP contribution >= 0.6 is 0 Å². The number of nitrogens with two attached hydrogens (primary N) is 1. The molecule has 23 heavy (non-hydrogen) atoms. The van der Waals surface area contributed by atoms with E-state index in [4.69, 9.17) is 10.2 Å². The van der Waals surface area contributed by atoms with Gasteiger partial charge in [-0.2, -0.15) is 26.3 Å². The maximum Gasteiger partial charge on any atom is 0.416 e. The summed E-state index contributed by atoms with van der Waals surface area (Å²) < 4.78 is 82.2.